The summed E-state index contributed by atoms with van der Waals surface area (Å²) in [5.41, 5.74) is -1.41. The molecule has 2 aliphatic rings. The van der Waals surface area contributed by atoms with E-state index in [4.69, 9.17) is 21.1 Å². The molecule has 0 bridgehead atoms. The highest BCUT2D eigenvalue weighted by atomic mass is 35.5. The van der Waals surface area contributed by atoms with Crippen LogP contribution < -0.4 is 10.3 Å². The number of fused-ring (bicyclic) bond motifs is 3. The molecule has 0 N–H and O–H groups in total. The Hall–Kier alpha value is -1.14. The predicted molar refractivity (Wildman–Crippen MR) is 65.9 cm³/mol. The van der Waals surface area contributed by atoms with Crippen LogP contribution >= 0.6 is 11.6 Å². The maximum atomic E-state index is 13.4. The summed E-state index contributed by atoms with van der Waals surface area (Å²) < 4.78 is 26.4. The molecule has 5 nitrogen and oxygen atoms in total. The molecule has 1 fully saturated rings. The normalized spacial score (nSPS) is 35.9. The quantitative estimate of drug-likeness (QED) is 0.777. The van der Waals surface area contributed by atoms with Crippen LogP contribution in [-0.2, 0) is 4.74 Å². The molecule has 19 heavy (non-hydrogen) atoms. The van der Waals surface area contributed by atoms with Crippen molar-refractivity contribution in [1.82, 2.24) is 9.55 Å². The lowest BCUT2D eigenvalue weighted by Crippen LogP contribution is -2.39. The van der Waals surface area contributed by atoms with Gasteiger partial charge in [-0.1, -0.05) is 13.8 Å². The first-order valence-corrected chi connectivity index (χ1v) is 6.75. The molecule has 3 heterocycles. The highest BCUT2D eigenvalue weighted by Crippen LogP contribution is 2.49. The smallest absolute Gasteiger partial charge is 0.311 e. The first-order chi connectivity index (χ1) is 9.02. The van der Waals surface area contributed by atoms with Crippen molar-refractivity contribution in [2.45, 2.75) is 38.2 Å². The summed E-state index contributed by atoms with van der Waals surface area (Å²) >= 11 is 6.03. The lowest BCUT2D eigenvalue weighted by molar-refractivity contribution is -0.0704. The van der Waals surface area contributed by atoms with Gasteiger partial charge in [0.1, 0.15) is 0 Å². The average molecular weight is 289 g/mol. The molecule has 0 aliphatic carbocycles. The van der Waals surface area contributed by atoms with E-state index in [0.717, 1.165) is 12.6 Å². The van der Waals surface area contributed by atoms with Crippen LogP contribution in [0.3, 0.4) is 0 Å². The third-order valence-corrected chi connectivity index (χ3v) is 4.63. The summed E-state index contributed by atoms with van der Waals surface area (Å²) in [6.07, 6.45) is 1.04. The van der Waals surface area contributed by atoms with Gasteiger partial charge in [-0.05, 0) is 6.42 Å². The zero-order valence-electron chi connectivity index (χ0n) is 10.6. The summed E-state index contributed by atoms with van der Waals surface area (Å²) in [4.78, 5) is 14.7. The van der Waals surface area contributed by atoms with Crippen LogP contribution in [0.4, 0.5) is 4.39 Å². The van der Waals surface area contributed by atoms with E-state index in [1.54, 1.807) is 0 Å². The van der Waals surface area contributed by atoms with Crippen LogP contribution in [0, 0.1) is 11.7 Å². The van der Waals surface area contributed by atoms with Gasteiger partial charge in [-0.25, -0.2) is 0 Å². The Morgan fingerprint density at radius 2 is 2.37 bits per heavy atom. The largest absolute Gasteiger partial charge is 0.456 e. The molecule has 0 saturated carbocycles. The molecular formula is C12H14ClFN2O3. The van der Waals surface area contributed by atoms with Gasteiger partial charge in [0.2, 0.25) is 5.82 Å². The standard InChI is InChI=1S/C12H14ClFN2O3/c1-3-12(5-13)6(2)8-10(19-12)16-4-7(14)9(17)15-11(16)18-8/h4,6,8,10H,3,5H2,1-2H3/t6-,8-,10+,12-/m0/s1. The number of halogens is 2. The molecular weight excluding hydrogens is 275 g/mol. The van der Waals surface area contributed by atoms with Crippen LogP contribution in [0.1, 0.15) is 26.5 Å². The summed E-state index contributed by atoms with van der Waals surface area (Å²) in [7, 11) is 0. The van der Waals surface area contributed by atoms with Crippen LogP contribution in [0.25, 0.3) is 0 Å². The van der Waals surface area contributed by atoms with E-state index in [1.165, 1.54) is 4.57 Å². The van der Waals surface area contributed by atoms with Gasteiger partial charge in [0.15, 0.2) is 12.3 Å². The average Bonchev–Trinajstić information content (AvgIpc) is 2.86. The van der Waals surface area contributed by atoms with E-state index in [2.05, 4.69) is 4.98 Å². The molecule has 3 rings (SSSR count). The maximum absolute atomic E-state index is 13.4. The first kappa shape index (κ1) is 12.9. The lowest BCUT2D eigenvalue weighted by atomic mass is 9.86. The van der Waals surface area contributed by atoms with Crippen LogP contribution in [0.15, 0.2) is 11.0 Å². The monoisotopic (exact) mass is 288 g/mol. The van der Waals surface area contributed by atoms with Crippen molar-refractivity contribution in [3.63, 3.8) is 0 Å². The van der Waals surface area contributed by atoms with Crippen molar-refractivity contribution in [2.24, 2.45) is 5.92 Å². The van der Waals surface area contributed by atoms with E-state index in [9.17, 15) is 9.18 Å². The van der Waals surface area contributed by atoms with Crippen molar-refractivity contribution in [3.05, 3.63) is 22.4 Å². The van der Waals surface area contributed by atoms with Gasteiger partial charge in [0.25, 0.3) is 0 Å². The van der Waals surface area contributed by atoms with E-state index < -0.39 is 23.2 Å². The Morgan fingerprint density at radius 1 is 1.63 bits per heavy atom. The van der Waals surface area contributed by atoms with Gasteiger partial charge in [0, 0.05) is 5.92 Å². The molecule has 2 aliphatic heterocycles. The highest BCUT2D eigenvalue weighted by molar-refractivity contribution is 6.18. The predicted octanol–water partition coefficient (Wildman–Crippen LogP) is 1.70. The topological polar surface area (TPSA) is 53.4 Å². The fraction of sp³-hybridized carbons (Fsp3) is 0.667. The number of nitrogens with zero attached hydrogens (tertiary/aromatic N) is 2. The zero-order chi connectivity index (χ0) is 13.8. The molecule has 0 radical (unpaired) electrons. The molecule has 0 unspecified atom stereocenters. The van der Waals surface area contributed by atoms with Crippen LogP contribution in [0.5, 0.6) is 6.01 Å². The Kier molecular flexibility index (Phi) is 2.83. The van der Waals surface area contributed by atoms with Crippen LogP contribution in [0.2, 0.25) is 0 Å². The molecule has 1 aromatic rings. The van der Waals surface area contributed by atoms with Crippen molar-refractivity contribution in [1.29, 1.82) is 0 Å². The fourth-order valence-electron chi connectivity index (χ4n) is 2.81. The first-order valence-electron chi connectivity index (χ1n) is 6.21. The van der Waals surface area contributed by atoms with E-state index >= 15 is 0 Å². The number of rotatable bonds is 2. The van der Waals surface area contributed by atoms with Gasteiger partial charge >= 0.3 is 11.6 Å². The SMILES string of the molecule is CC[C@@]1(CCl)O[C@@H]2[C@@H](Oc3nc(=O)c(F)cn32)[C@@H]1C. The Balaban J connectivity index is 2.03. The third-order valence-electron chi connectivity index (χ3n) is 4.17. The minimum Gasteiger partial charge on any atom is -0.456 e. The van der Waals surface area contributed by atoms with Crippen molar-refractivity contribution >= 4 is 11.6 Å². The minimum atomic E-state index is -0.919. The third kappa shape index (κ3) is 1.63. The molecule has 1 aromatic heterocycles. The summed E-state index contributed by atoms with van der Waals surface area (Å²) in [5.74, 6) is -0.545. The molecule has 0 spiro atoms. The molecule has 0 amide bonds. The van der Waals surface area contributed by atoms with E-state index in [0.29, 0.717) is 5.88 Å². The second kappa shape index (κ2) is 4.18. The van der Waals surface area contributed by atoms with Crippen molar-refractivity contribution in [3.8, 4) is 6.01 Å². The van der Waals surface area contributed by atoms with Gasteiger partial charge in [-0.15, -0.1) is 11.6 Å². The number of hydrogen-bond donors (Lipinski definition) is 0. The molecule has 1 saturated heterocycles. The van der Waals surface area contributed by atoms with Gasteiger partial charge in [0.05, 0.1) is 17.7 Å². The molecule has 4 atom stereocenters. The Bertz CT molecular complexity index is 573. The second-order valence-electron chi connectivity index (χ2n) is 5.02. The van der Waals surface area contributed by atoms with E-state index in [1.807, 2.05) is 13.8 Å². The summed E-state index contributed by atoms with van der Waals surface area (Å²) in [5, 5.41) is 0. The number of hydrogen-bond acceptors (Lipinski definition) is 4. The molecule has 0 aromatic carbocycles. The Labute approximate surface area is 114 Å². The fourth-order valence-corrected chi connectivity index (χ4v) is 3.31. The highest BCUT2D eigenvalue weighted by Gasteiger charge is 2.56. The van der Waals surface area contributed by atoms with Crippen molar-refractivity contribution < 1.29 is 13.9 Å². The lowest BCUT2D eigenvalue weighted by Gasteiger charge is -2.30. The molecule has 104 valence electrons. The zero-order valence-corrected chi connectivity index (χ0v) is 11.4. The number of ether oxygens (including phenoxy) is 2. The van der Waals surface area contributed by atoms with Crippen molar-refractivity contribution in [2.75, 3.05) is 5.88 Å². The van der Waals surface area contributed by atoms with Gasteiger partial charge in [-0.2, -0.15) is 9.37 Å². The second-order valence-corrected chi connectivity index (χ2v) is 5.28. The number of aromatic nitrogens is 2. The summed E-state index contributed by atoms with van der Waals surface area (Å²) in [6.45, 7) is 3.97. The summed E-state index contributed by atoms with van der Waals surface area (Å²) in [6, 6.07) is 0.104. The number of alkyl halides is 1. The van der Waals surface area contributed by atoms with Gasteiger partial charge in [-0.3, -0.25) is 9.36 Å². The Morgan fingerprint density at radius 3 is 3.00 bits per heavy atom. The van der Waals surface area contributed by atoms with Gasteiger partial charge < -0.3 is 9.47 Å². The maximum Gasteiger partial charge on any atom is 0.311 e. The van der Waals surface area contributed by atoms with E-state index in [-0.39, 0.29) is 18.0 Å². The minimum absolute atomic E-state index is 0.0277. The van der Waals surface area contributed by atoms with Crippen LogP contribution in [-0.4, -0.2) is 27.1 Å². The molecule has 7 heteroatoms.